The molecule has 1 fully saturated rings. The van der Waals surface area contributed by atoms with Crippen LogP contribution in [0.1, 0.15) is 20.3 Å². The molecule has 0 aromatic heterocycles. The van der Waals surface area contributed by atoms with Crippen LogP contribution >= 0.6 is 9.39 Å². The third-order valence-corrected chi connectivity index (χ3v) is 2.12. The van der Waals surface area contributed by atoms with Gasteiger partial charge in [-0.2, -0.15) is 0 Å². The molecule has 10 heavy (non-hydrogen) atoms. The summed E-state index contributed by atoms with van der Waals surface area (Å²) in [6, 6.07) is 0. The molecular formula is C7H19N2P. The van der Waals surface area contributed by atoms with Crippen molar-refractivity contribution in [1.29, 1.82) is 0 Å². The second-order valence-electron chi connectivity index (χ2n) is 2.39. The summed E-state index contributed by atoms with van der Waals surface area (Å²) < 4.78 is 2.25. The van der Waals surface area contributed by atoms with Crippen molar-refractivity contribution in [2.75, 3.05) is 19.6 Å². The SMILES string of the molecule is CC.NCC1CCN(P)C1. The number of nitrogens with two attached hydrogens (primary N) is 1. The first-order valence-corrected chi connectivity index (χ1v) is 4.54. The average molecular weight is 162 g/mol. The number of rotatable bonds is 1. The molecule has 2 nitrogen and oxygen atoms in total. The topological polar surface area (TPSA) is 29.3 Å². The summed E-state index contributed by atoms with van der Waals surface area (Å²) >= 11 is 0. The minimum atomic E-state index is 0.757. The van der Waals surface area contributed by atoms with E-state index >= 15 is 0 Å². The van der Waals surface area contributed by atoms with Crippen molar-refractivity contribution < 1.29 is 0 Å². The van der Waals surface area contributed by atoms with E-state index in [4.69, 9.17) is 5.73 Å². The fraction of sp³-hybridized carbons (Fsp3) is 1.00. The monoisotopic (exact) mass is 162 g/mol. The summed E-state index contributed by atoms with van der Waals surface area (Å²) in [6.07, 6.45) is 1.28. The molecule has 1 heterocycles. The molecule has 0 spiro atoms. The van der Waals surface area contributed by atoms with Gasteiger partial charge in [0.05, 0.1) is 0 Å². The van der Waals surface area contributed by atoms with Crippen molar-refractivity contribution in [3.63, 3.8) is 0 Å². The maximum absolute atomic E-state index is 5.46. The van der Waals surface area contributed by atoms with Crippen molar-refractivity contribution in [2.45, 2.75) is 20.3 Å². The van der Waals surface area contributed by atoms with Gasteiger partial charge in [-0.15, -0.1) is 0 Å². The molecule has 1 aliphatic rings. The summed E-state index contributed by atoms with van der Waals surface area (Å²) in [6.45, 7) is 7.22. The van der Waals surface area contributed by atoms with Crippen LogP contribution < -0.4 is 5.73 Å². The zero-order valence-corrected chi connectivity index (χ0v) is 8.16. The van der Waals surface area contributed by atoms with Gasteiger partial charge in [-0.05, 0) is 18.9 Å². The molecule has 0 aromatic rings. The second kappa shape index (κ2) is 6.09. The van der Waals surface area contributed by atoms with Crippen LogP contribution in [-0.4, -0.2) is 24.3 Å². The summed E-state index contributed by atoms with van der Waals surface area (Å²) in [5.41, 5.74) is 5.46. The summed E-state index contributed by atoms with van der Waals surface area (Å²) in [5.74, 6) is 0.757. The van der Waals surface area contributed by atoms with E-state index in [1.54, 1.807) is 0 Å². The molecular weight excluding hydrogens is 143 g/mol. The molecule has 1 saturated heterocycles. The van der Waals surface area contributed by atoms with E-state index in [-0.39, 0.29) is 0 Å². The van der Waals surface area contributed by atoms with E-state index in [9.17, 15) is 0 Å². The number of hydrogen-bond acceptors (Lipinski definition) is 2. The molecule has 2 N–H and O–H groups in total. The highest BCUT2D eigenvalue weighted by atomic mass is 31.0. The Labute approximate surface area is 66.4 Å². The Balaban J connectivity index is 0.000000371. The maximum atomic E-state index is 5.46. The minimum Gasteiger partial charge on any atom is -0.330 e. The molecule has 62 valence electrons. The molecule has 3 heteroatoms. The third-order valence-electron chi connectivity index (χ3n) is 1.65. The first-order valence-electron chi connectivity index (χ1n) is 4.02. The van der Waals surface area contributed by atoms with Crippen molar-refractivity contribution in [1.82, 2.24) is 4.67 Å². The molecule has 2 atom stereocenters. The van der Waals surface area contributed by atoms with Crippen molar-refractivity contribution in [3.05, 3.63) is 0 Å². The van der Waals surface area contributed by atoms with Crippen molar-refractivity contribution in [2.24, 2.45) is 11.7 Å². The quantitative estimate of drug-likeness (QED) is 0.585. The second-order valence-corrected chi connectivity index (χ2v) is 3.12. The molecule has 1 rings (SSSR count). The molecule has 0 amide bonds. The summed E-state index contributed by atoms with van der Waals surface area (Å²) in [4.78, 5) is 0. The van der Waals surface area contributed by atoms with Gasteiger partial charge < -0.3 is 5.73 Å². The van der Waals surface area contributed by atoms with Crippen LogP contribution in [-0.2, 0) is 0 Å². The first kappa shape index (κ1) is 10.3. The highest BCUT2D eigenvalue weighted by Gasteiger charge is 2.16. The number of hydrogen-bond donors (Lipinski definition) is 1. The lowest BCUT2D eigenvalue weighted by Crippen LogP contribution is -2.16. The molecule has 0 aromatic carbocycles. The zero-order valence-electron chi connectivity index (χ0n) is 7.01. The third kappa shape index (κ3) is 3.50. The highest BCUT2D eigenvalue weighted by molar-refractivity contribution is 7.13. The first-order chi connectivity index (χ1) is 4.83. The zero-order chi connectivity index (χ0) is 7.98. The normalized spacial score (nSPS) is 25.8. The van der Waals surface area contributed by atoms with Crippen LogP contribution in [0.2, 0.25) is 0 Å². The lowest BCUT2D eigenvalue weighted by Gasteiger charge is -2.05. The standard InChI is InChI=1S/C5H13N2P.C2H6/c6-3-5-1-2-7(8)4-5;1-2/h5H,1-4,6,8H2;1-2H3. The largest absolute Gasteiger partial charge is 0.330 e. The van der Waals surface area contributed by atoms with Crippen LogP contribution in [0.25, 0.3) is 0 Å². The Morgan fingerprint density at radius 1 is 1.60 bits per heavy atom. The van der Waals surface area contributed by atoms with Crippen LogP contribution in [0.3, 0.4) is 0 Å². The fourth-order valence-electron chi connectivity index (χ4n) is 1.06. The van der Waals surface area contributed by atoms with Gasteiger partial charge in [0, 0.05) is 13.1 Å². The Kier molecular flexibility index (Phi) is 6.30. The van der Waals surface area contributed by atoms with Gasteiger partial charge in [-0.25, -0.2) is 0 Å². The van der Waals surface area contributed by atoms with Crippen LogP contribution in [0.15, 0.2) is 0 Å². The maximum Gasteiger partial charge on any atom is 0.00571 e. The van der Waals surface area contributed by atoms with E-state index in [2.05, 4.69) is 14.1 Å². The van der Waals surface area contributed by atoms with Crippen LogP contribution in [0.4, 0.5) is 0 Å². The number of nitrogens with zero attached hydrogens (tertiary/aromatic N) is 1. The van der Waals surface area contributed by atoms with Crippen LogP contribution in [0, 0.1) is 5.92 Å². The molecule has 0 bridgehead atoms. The molecule has 2 unspecified atom stereocenters. The van der Waals surface area contributed by atoms with Gasteiger partial charge in [0.2, 0.25) is 0 Å². The van der Waals surface area contributed by atoms with Gasteiger partial charge in [0.25, 0.3) is 0 Å². The van der Waals surface area contributed by atoms with E-state index in [0.29, 0.717) is 0 Å². The Bertz CT molecular complexity index is 78.0. The van der Waals surface area contributed by atoms with E-state index in [1.807, 2.05) is 13.8 Å². The fourth-order valence-corrected chi connectivity index (χ4v) is 1.50. The van der Waals surface area contributed by atoms with E-state index in [0.717, 1.165) is 12.5 Å². The lowest BCUT2D eigenvalue weighted by atomic mass is 10.1. The Hall–Kier alpha value is 0.350. The van der Waals surface area contributed by atoms with Crippen LogP contribution in [0.5, 0.6) is 0 Å². The minimum absolute atomic E-state index is 0.757. The summed E-state index contributed by atoms with van der Waals surface area (Å²) in [7, 11) is 2.70. The molecule has 1 aliphatic heterocycles. The molecule has 0 radical (unpaired) electrons. The summed E-state index contributed by atoms with van der Waals surface area (Å²) in [5, 5.41) is 0. The predicted octanol–water partition coefficient (Wildman–Crippen LogP) is 1.08. The van der Waals surface area contributed by atoms with E-state index in [1.165, 1.54) is 19.5 Å². The average Bonchev–Trinajstić information content (AvgIpc) is 2.40. The van der Waals surface area contributed by atoms with Gasteiger partial charge in [-0.1, -0.05) is 23.2 Å². The predicted molar refractivity (Wildman–Crippen MR) is 49.8 cm³/mol. The Morgan fingerprint density at radius 2 is 2.20 bits per heavy atom. The Morgan fingerprint density at radius 3 is 2.40 bits per heavy atom. The van der Waals surface area contributed by atoms with E-state index < -0.39 is 0 Å². The van der Waals surface area contributed by atoms with Crippen molar-refractivity contribution in [3.8, 4) is 0 Å². The molecule has 0 aliphatic carbocycles. The smallest absolute Gasteiger partial charge is 0.00571 e. The lowest BCUT2D eigenvalue weighted by molar-refractivity contribution is 0.529. The van der Waals surface area contributed by atoms with Gasteiger partial charge in [-0.3, -0.25) is 4.67 Å². The van der Waals surface area contributed by atoms with Gasteiger partial charge >= 0.3 is 0 Å². The van der Waals surface area contributed by atoms with Gasteiger partial charge in [0.15, 0.2) is 0 Å². The molecule has 0 saturated carbocycles. The highest BCUT2D eigenvalue weighted by Crippen LogP contribution is 2.17. The van der Waals surface area contributed by atoms with Gasteiger partial charge in [0.1, 0.15) is 0 Å². The van der Waals surface area contributed by atoms with Crippen molar-refractivity contribution >= 4 is 9.39 Å².